The molecule has 0 saturated carbocycles. The predicted octanol–water partition coefficient (Wildman–Crippen LogP) is 9.13. The Morgan fingerprint density at radius 1 is 0.342 bits per heavy atom. The Kier molecular flexibility index (Phi) is 21.1. The van der Waals surface area contributed by atoms with Crippen LogP contribution in [0.1, 0.15) is 160 Å². The highest BCUT2D eigenvalue weighted by Crippen LogP contribution is 2.14. The molecule has 38 heavy (non-hydrogen) atoms. The van der Waals surface area contributed by atoms with E-state index < -0.39 is 0 Å². The second-order valence-electron chi connectivity index (χ2n) is 11.6. The lowest BCUT2D eigenvalue weighted by molar-refractivity contribution is -0.597. The van der Waals surface area contributed by atoms with Gasteiger partial charge in [0.15, 0.2) is 7.14 Å². The standard InChI is InChI=1S/C37H60I/c1-3-5-7-9-11-13-15-17-19-21-23-25-35-28-32-37(33-29-35)38-36-30-26-34(27-31-36)24-22-20-18-16-14-12-10-8-6-4-2/h26-33H,3-25H2,1-2H3/q+1. The van der Waals surface area contributed by atoms with E-state index in [1.165, 1.54) is 159 Å². The molecule has 0 aliphatic carbocycles. The van der Waals surface area contributed by atoms with Gasteiger partial charge in [0.05, 0.1) is 0 Å². The van der Waals surface area contributed by atoms with Crippen molar-refractivity contribution in [2.75, 3.05) is 0 Å². The van der Waals surface area contributed by atoms with Crippen molar-refractivity contribution in [2.45, 2.75) is 162 Å². The number of rotatable bonds is 25. The van der Waals surface area contributed by atoms with E-state index in [1.807, 2.05) is 0 Å². The minimum atomic E-state index is -0.0586. The molecule has 0 atom stereocenters. The number of benzene rings is 2. The quantitative estimate of drug-likeness (QED) is 0.0758. The molecule has 0 N–H and O–H groups in total. The van der Waals surface area contributed by atoms with Crippen LogP contribution < -0.4 is 21.2 Å². The number of hydrogen-bond acceptors (Lipinski definition) is 0. The topological polar surface area (TPSA) is 0 Å². The molecule has 0 saturated heterocycles. The number of unbranched alkanes of at least 4 members (excludes halogenated alkanes) is 19. The van der Waals surface area contributed by atoms with E-state index >= 15 is 0 Å². The third-order valence-corrected chi connectivity index (χ3v) is 10.6. The monoisotopic (exact) mass is 631 g/mol. The molecule has 214 valence electrons. The van der Waals surface area contributed by atoms with Crippen molar-refractivity contribution in [1.29, 1.82) is 0 Å². The summed E-state index contributed by atoms with van der Waals surface area (Å²) in [6.07, 6.45) is 32.4. The van der Waals surface area contributed by atoms with Crippen LogP contribution in [-0.4, -0.2) is 0 Å². The van der Waals surface area contributed by atoms with Crippen molar-refractivity contribution in [3.8, 4) is 0 Å². The molecule has 1 heteroatoms. The van der Waals surface area contributed by atoms with E-state index in [-0.39, 0.29) is 21.2 Å². The number of halogens is 1. The molecular formula is C37H60I+. The zero-order valence-electron chi connectivity index (χ0n) is 25.3. The Bertz CT molecular complexity index is 760. The number of hydrogen-bond donors (Lipinski definition) is 0. The molecule has 0 spiro atoms. The minimum Gasteiger partial charge on any atom is -0.0654 e. The molecule has 0 aliphatic heterocycles. The van der Waals surface area contributed by atoms with Gasteiger partial charge in [-0.15, -0.1) is 0 Å². The third kappa shape index (κ3) is 17.7. The molecule has 0 bridgehead atoms. The lowest BCUT2D eigenvalue weighted by Crippen LogP contribution is -3.61. The summed E-state index contributed by atoms with van der Waals surface area (Å²) in [5, 5.41) is 0. The Balaban J connectivity index is 1.49. The lowest BCUT2D eigenvalue weighted by Gasteiger charge is -2.03. The van der Waals surface area contributed by atoms with Gasteiger partial charge in [0, 0.05) is 0 Å². The first kappa shape index (κ1) is 33.4. The molecule has 0 fully saturated rings. The highest BCUT2D eigenvalue weighted by atomic mass is 127. The Labute approximate surface area is 248 Å². The van der Waals surface area contributed by atoms with Crippen LogP contribution in [0.3, 0.4) is 0 Å². The fraction of sp³-hybridized carbons (Fsp3) is 0.676. The molecule has 0 aliphatic rings. The van der Waals surface area contributed by atoms with Crippen LogP contribution >= 0.6 is 0 Å². The van der Waals surface area contributed by atoms with Gasteiger partial charge >= 0.3 is 21.2 Å². The summed E-state index contributed by atoms with van der Waals surface area (Å²) in [4.78, 5) is 0. The van der Waals surface area contributed by atoms with Crippen LogP contribution in [0.5, 0.6) is 0 Å². The van der Waals surface area contributed by atoms with E-state index in [0.29, 0.717) is 0 Å². The smallest absolute Gasteiger partial charge is 0.0654 e. The average Bonchev–Trinajstić information content (AvgIpc) is 2.94. The summed E-state index contributed by atoms with van der Waals surface area (Å²) in [6, 6.07) is 19.2. The van der Waals surface area contributed by atoms with Gasteiger partial charge in [-0.05, 0) is 61.1 Å². The SMILES string of the molecule is CCCCCCCCCCCCCc1ccc([I+]c2ccc(CCCCCCCCCCCC)cc2)cc1. The van der Waals surface area contributed by atoms with Gasteiger partial charge in [0.25, 0.3) is 0 Å². The maximum absolute atomic E-state index is 2.40. The molecule has 2 aromatic carbocycles. The largest absolute Gasteiger partial charge is 0.357 e. The molecule has 2 rings (SSSR count). The van der Waals surface area contributed by atoms with Crippen molar-refractivity contribution in [2.24, 2.45) is 0 Å². The first-order valence-corrected chi connectivity index (χ1v) is 18.8. The maximum atomic E-state index is 2.40. The second kappa shape index (κ2) is 24.0. The van der Waals surface area contributed by atoms with Gasteiger partial charge in [0.2, 0.25) is 0 Å². The summed E-state index contributed by atoms with van der Waals surface area (Å²) in [5.74, 6) is 0. The zero-order chi connectivity index (χ0) is 26.9. The zero-order valence-corrected chi connectivity index (χ0v) is 27.4. The highest BCUT2D eigenvalue weighted by molar-refractivity contribution is 5.16. The Morgan fingerprint density at radius 3 is 0.895 bits per heavy atom. The van der Waals surface area contributed by atoms with Crippen molar-refractivity contribution >= 4 is 0 Å². The summed E-state index contributed by atoms with van der Waals surface area (Å²) in [6.45, 7) is 4.60. The molecule has 0 aromatic heterocycles. The second-order valence-corrected chi connectivity index (χ2v) is 14.6. The summed E-state index contributed by atoms with van der Waals surface area (Å²) in [5.41, 5.74) is 3.06. The highest BCUT2D eigenvalue weighted by Gasteiger charge is 2.15. The van der Waals surface area contributed by atoms with Crippen LogP contribution in [0, 0.1) is 7.14 Å². The Hall–Kier alpha value is -0.830. The molecule has 2 aromatic rings. The van der Waals surface area contributed by atoms with E-state index in [9.17, 15) is 0 Å². The summed E-state index contributed by atoms with van der Waals surface area (Å²) < 4.78 is 3.10. The first-order valence-electron chi connectivity index (χ1n) is 16.6. The maximum Gasteiger partial charge on any atom is 0.357 e. The van der Waals surface area contributed by atoms with Crippen molar-refractivity contribution in [1.82, 2.24) is 0 Å². The van der Waals surface area contributed by atoms with Crippen LogP contribution in [-0.2, 0) is 12.8 Å². The van der Waals surface area contributed by atoms with E-state index in [2.05, 4.69) is 62.4 Å². The van der Waals surface area contributed by atoms with Crippen LogP contribution in [0.15, 0.2) is 48.5 Å². The third-order valence-electron chi connectivity index (χ3n) is 7.93. The molecule has 0 unspecified atom stereocenters. The normalized spacial score (nSPS) is 11.3. The summed E-state index contributed by atoms with van der Waals surface area (Å²) in [7, 11) is 0. The van der Waals surface area contributed by atoms with Crippen molar-refractivity contribution in [3.05, 3.63) is 66.8 Å². The Morgan fingerprint density at radius 2 is 0.605 bits per heavy atom. The number of aryl methyl sites for hydroxylation is 2. The van der Waals surface area contributed by atoms with E-state index in [1.54, 1.807) is 7.14 Å². The fourth-order valence-electron chi connectivity index (χ4n) is 5.36. The average molecular weight is 632 g/mol. The fourth-order valence-corrected chi connectivity index (χ4v) is 7.52. The van der Waals surface area contributed by atoms with Crippen molar-refractivity contribution in [3.63, 3.8) is 0 Å². The van der Waals surface area contributed by atoms with E-state index in [0.717, 1.165) is 0 Å². The molecule has 0 radical (unpaired) electrons. The lowest BCUT2D eigenvalue weighted by atomic mass is 10.0. The molecular weight excluding hydrogens is 571 g/mol. The van der Waals surface area contributed by atoms with Gasteiger partial charge < -0.3 is 0 Å². The van der Waals surface area contributed by atoms with Gasteiger partial charge in [-0.25, -0.2) is 0 Å². The van der Waals surface area contributed by atoms with Gasteiger partial charge in [-0.3, -0.25) is 0 Å². The summed E-state index contributed by atoms with van der Waals surface area (Å²) >= 11 is -0.0586. The molecule has 0 nitrogen and oxygen atoms in total. The van der Waals surface area contributed by atoms with Gasteiger partial charge in [-0.2, -0.15) is 0 Å². The minimum absolute atomic E-state index is 0.0586. The van der Waals surface area contributed by atoms with Gasteiger partial charge in [-0.1, -0.05) is 160 Å². The van der Waals surface area contributed by atoms with E-state index in [4.69, 9.17) is 0 Å². The van der Waals surface area contributed by atoms with Gasteiger partial charge in [0.1, 0.15) is 0 Å². The molecule has 0 amide bonds. The van der Waals surface area contributed by atoms with Crippen LogP contribution in [0.25, 0.3) is 0 Å². The van der Waals surface area contributed by atoms with Crippen LogP contribution in [0.4, 0.5) is 0 Å². The first-order chi connectivity index (χ1) is 18.8. The van der Waals surface area contributed by atoms with Crippen molar-refractivity contribution < 1.29 is 21.2 Å². The van der Waals surface area contributed by atoms with Crippen LogP contribution in [0.2, 0.25) is 0 Å². The predicted molar refractivity (Wildman–Crippen MR) is 166 cm³/mol. The molecule has 0 heterocycles.